The van der Waals surface area contributed by atoms with Gasteiger partial charge in [-0.15, -0.1) is 0 Å². The maximum Gasteiger partial charge on any atom is 0.132 e. The maximum absolute atomic E-state index is 4.56. The van der Waals surface area contributed by atoms with Crippen LogP contribution in [0.25, 0.3) is 0 Å². The Labute approximate surface area is 114 Å². The van der Waals surface area contributed by atoms with Crippen molar-refractivity contribution in [1.29, 1.82) is 0 Å². The van der Waals surface area contributed by atoms with Crippen molar-refractivity contribution in [3.05, 3.63) is 47.2 Å². The van der Waals surface area contributed by atoms with Crippen LogP contribution in [-0.4, -0.2) is 21.5 Å². The van der Waals surface area contributed by atoms with Crippen molar-refractivity contribution in [3.63, 3.8) is 0 Å². The van der Waals surface area contributed by atoms with E-state index in [0.717, 1.165) is 42.3 Å². The lowest BCUT2D eigenvalue weighted by Gasteiger charge is -2.12. The molecule has 0 aromatic carbocycles. The van der Waals surface area contributed by atoms with E-state index in [9.17, 15) is 0 Å². The highest BCUT2D eigenvalue weighted by Crippen LogP contribution is 2.18. The number of hydrogen-bond donors (Lipinski definition) is 1. The van der Waals surface area contributed by atoms with Crippen LogP contribution in [-0.2, 0) is 6.42 Å². The van der Waals surface area contributed by atoms with Gasteiger partial charge in [0.1, 0.15) is 11.6 Å². The Morgan fingerprint density at radius 3 is 2.74 bits per heavy atom. The summed E-state index contributed by atoms with van der Waals surface area (Å²) in [4.78, 5) is 13.2. The molecule has 1 N–H and O–H groups in total. The molecular weight excluding hydrogens is 236 g/mol. The van der Waals surface area contributed by atoms with Crippen LogP contribution in [0.1, 0.15) is 36.0 Å². The molecule has 4 nitrogen and oxygen atoms in total. The minimum atomic E-state index is 0.795. The minimum absolute atomic E-state index is 0.795. The van der Waals surface area contributed by atoms with Gasteiger partial charge in [-0.2, -0.15) is 0 Å². The van der Waals surface area contributed by atoms with Crippen molar-refractivity contribution in [1.82, 2.24) is 15.0 Å². The van der Waals surface area contributed by atoms with Crippen molar-refractivity contribution < 1.29 is 0 Å². The fraction of sp³-hybridized carbons (Fsp3) is 0.400. The average Bonchev–Trinajstić information content (AvgIpc) is 2.42. The number of aryl methyl sites for hydroxylation is 1. The highest BCUT2D eigenvalue weighted by molar-refractivity contribution is 5.46. The van der Waals surface area contributed by atoms with E-state index in [1.807, 2.05) is 19.2 Å². The molecule has 2 aromatic rings. The standard InChI is InChI=1S/C15H20N4/c1-4-7-17-15-11(2)14(18-12(3)19-15)9-13-6-5-8-16-10-13/h5-6,8,10H,4,7,9H2,1-3H3,(H,17,18,19). The highest BCUT2D eigenvalue weighted by atomic mass is 15.0. The van der Waals surface area contributed by atoms with Crippen molar-refractivity contribution in [2.24, 2.45) is 0 Å². The van der Waals surface area contributed by atoms with Crippen LogP contribution in [0.5, 0.6) is 0 Å². The van der Waals surface area contributed by atoms with Gasteiger partial charge in [0.05, 0.1) is 5.69 Å². The Morgan fingerprint density at radius 1 is 1.21 bits per heavy atom. The Balaban J connectivity index is 2.27. The predicted octanol–water partition coefficient (Wildman–Crippen LogP) is 2.90. The molecule has 2 rings (SSSR count). The lowest BCUT2D eigenvalue weighted by atomic mass is 10.1. The van der Waals surface area contributed by atoms with Crippen molar-refractivity contribution in [3.8, 4) is 0 Å². The van der Waals surface area contributed by atoms with E-state index < -0.39 is 0 Å². The van der Waals surface area contributed by atoms with Crippen LogP contribution in [0.15, 0.2) is 24.5 Å². The molecule has 0 aliphatic rings. The van der Waals surface area contributed by atoms with E-state index >= 15 is 0 Å². The molecule has 0 saturated carbocycles. The van der Waals surface area contributed by atoms with E-state index in [2.05, 4.69) is 40.2 Å². The van der Waals surface area contributed by atoms with Crippen LogP contribution in [0, 0.1) is 13.8 Å². The molecule has 0 atom stereocenters. The second-order valence-electron chi connectivity index (χ2n) is 4.66. The number of nitrogens with one attached hydrogen (secondary N) is 1. The number of anilines is 1. The van der Waals surface area contributed by atoms with Gasteiger partial charge in [-0.05, 0) is 31.9 Å². The van der Waals surface area contributed by atoms with Crippen LogP contribution in [0.4, 0.5) is 5.82 Å². The number of aromatic nitrogens is 3. The summed E-state index contributed by atoms with van der Waals surface area (Å²) < 4.78 is 0. The van der Waals surface area contributed by atoms with Gasteiger partial charge in [-0.3, -0.25) is 4.98 Å². The Bertz CT molecular complexity index is 537. The number of nitrogens with zero attached hydrogens (tertiary/aromatic N) is 3. The molecule has 19 heavy (non-hydrogen) atoms. The third-order valence-corrected chi connectivity index (χ3v) is 3.00. The summed E-state index contributed by atoms with van der Waals surface area (Å²) in [5.74, 6) is 1.76. The molecule has 0 amide bonds. The van der Waals surface area contributed by atoms with E-state index in [4.69, 9.17) is 0 Å². The first-order valence-electron chi connectivity index (χ1n) is 6.67. The molecule has 100 valence electrons. The lowest BCUT2D eigenvalue weighted by molar-refractivity contribution is 0.913. The quantitative estimate of drug-likeness (QED) is 0.893. The first-order chi connectivity index (χ1) is 9.20. The smallest absolute Gasteiger partial charge is 0.132 e. The van der Waals surface area contributed by atoms with Gasteiger partial charge in [0.25, 0.3) is 0 Å². The van der Waals surface area contributed by atoms with Gasteiger partial charge >= 0.3 is 0 Å². The average molecular weight is 256 g/mol. The van der Waals surface area contributed by atoms with Gasteiger partial charge < -0.3 is 5.32 Å². The second-order valence-corrected chi connectivity index (χ2v) is 4.66. The summed E-state index contributed by atoms with van der Waals surface area (Å²) in [6.45, 7) is 7.09. The summed E-state index contributed by atoms with van der Waals surface area (Å²) in [7, 11) is 0. The van der Waals surface area contributed by atoms with E-state index in [1.54, 1.807) is 6.20 Å². The Hall–Kier alpha value is -1.97. The summed E-state index contributed by atoms with van der Waals surface area (Å²) in [6.07, 6.45) is 5.55. The molecule has 2 aromatic heterocycles. The summed E-state index contributed by atoms with van der Waals surface area (Å²) >= 11 is 0. The highest BCUT2D eigenvalue weighted by Gasteiger charge is 2.09. The largest absolute Gasteiger partial charge is 0.370 e. The molecule has 4 heteroatoms. The molecule has 0 saturated heterocycles. The Morgan fingerprint density at radius 2 is 2.05 bits per heavy atom. The number of pyridine rings is 1. The minimum Gasteiger partial charge on any atom is -0.370 e. The van der Waals surface area contributed by atoms with Gasteiger partial charge in [-0.1, -0.05) is 13.0 Å². The van der Waals surface area contributed by atoms with Gasteiger partial charge in [-0.25, -0.2) is 9.97 Å². The normalized spacial score (nSPS) is 10.5. The topological polar surface area (TPSA) is 50.7 Å². The van der Waals surface area contributed by atoms with Crippen molar-refractivity contribution in [2.45, 2.75) is 33.6 Å². The molecule has 0 aliphatic carbocycles. The molecule has 0 aliphatic heterocycles. The molecule has 2 heterocycles. The fourth-order valence-corrected chi connectivity index (χ4v) is 1.97. The monoisotopic (exact) mass is 256 g/mol. The second kappa shape index (κ2) is 6.27. The molecule has 0 fully saturated rings. The SMILES string of the molecule is CCCNc1nc(C)nc(Cc2cccnc2)c1C. The van der Waals surface area contributed by atoms with E-state index in [0.29, 0.717) is 0 Å². The van der Waals surface area contributed by atoms with Crippen LogP contribution < -0.4 is 5.32 Å². The molecule has 0 unspecified atom stereocenters. The third kappa shape index (κ3) is 3.50. The number of hydrogen-bond acceptors (Lipinski definition) is 4. The summed E-state index contributed by atoms with van der Waals surface area (Å²) in [6, 6.07) is 4.03. The van der Waals surface area contributed by atoms with E-state index in [-0.39, 0.29) is 0 Å². The predicted molar refractivity (Wildman–Crippen MR) is 77.3 cm³/mol. The van der Waals surface area contributed by atoms with Crippen LogP contribution >= 0.6 is 0 Å². The lowest BCUT2D eigenvalue weighted by Crippen LogP contribution is -2.09. The van der Waals surface area contributed by atoms with Gasteiger partial charge in [0, 0.05) is 30.9 Å². The summed E-state index contributed by atoms with van der Waals surface area (Å²) in [5, 5.41) is 3.36. The molecule has 0 radical (unpaired) electrons. The first-order valence-corrected chi connectivity index (χ1v) is 6.67. The Kier molecular flexibility index (Phi) is 4.44. The summed E-state index contributed by atoms with van der Waals surface area (Å²) in [5.41, 5.74) is 3.37. The zero-order valence-corrected chi connectivity index (χ0v) is 11.8. The maximum atomic E-state index is 4.56. The zero-order valence-electron chi connectivity index (χ0n) is 11.8. The molecule has 0 bridgehead atoms. The van der Waals surface area contributed by atoms with Crippen molar-refractivity contribution >= 4 is 5.82 Å². The van der Waals surface area contributed by atoms with Gasteiger partial charge in [0.15, 0.2) is 0 Å². The molecule has 0 spiro atoms. The van der Waals surface area contributed by atoms with Crippen molar-refractivity contribution in [2.75, 3.05) is 11.9 Å². The third-order valence-electron chi connectivity index (χ3n) is 3.00. The van der Waals surface area contributed by atoms with Crippen LogP contribution in [0.3, 0.4) is 0 Å². The van der Waals surface area contributed by atoms with Gasteiger partial charge in [0.2, 0.25) is 0 Å². The molecular formula is C15H20N4. The van der Waals surface area contributed by atoms with E-state index in [1.165, 1.54) is 5.56 Å². The number of rotatable bonds is 5. The first kappa shape index (κ1) is 13.5. The van der Waals surface area contributed by atoms with Crippen LogP contribution in [0.2, 0.25) is 0 Å². The zero-order chi connectivity index (χ0) is 13.7. The fourth-order valence-electron chi connectivity index (χ4n) is 1.97.